The van der Waals surface area contributed by atoms with E-state index in [0.717, 1.165) is 40.9 Å². The van der Waals surface area contributed by atoms with Crippen LogP contribution in [0.25, 0.3) is 10.9 Å². The number of aryl methyl sites for hydroxylation is 1. The molecule has 1 fully saturated rings. The lowest BCUT2D eigenvalue weighted by Gasteiger charge is -2.24. The van der Waals surface area contributed by atoms with Gasteiger partial charge in [0.2, 0.25) is 5.95 Å². The van der Waals surface area contributed by atoms with Gasteiger partial charge in [-0.15, -0.1) is 5.53 Å². The van der Waals surface area contributed by atoms with Crippen molar-refractivity contribution in [2.75, 3.05) is 17.2 Å². The summed E-state index contributed by atoms with van der Waals surface area (Å²) in [6, 6.07) is 9.25. The van der Waals surface area contributed by atoms with Gasteiger partial charge in [0.15, 0.2) is 0 Å². The van der Waals surface area contributed by atoms with Crippen molar-refractivity contribution in [2.45, 2.75) is 59.5 Å². The number of benzene rings is 1. The molecule has 1 aliphatic carbocycles. The number of hydrogen-bond donors (Lipinski definition) is 4. The number of nitrogens with zero attached hydrogens (tertiary/aromatic N) is 4. The van der Waals surface area contributed by atoms with Gasteiger partial charge >= 0.3 is 0 Å². The molecule has 10 heteroatoms. The standard InChI is InChI=1S/C28H32ClFN8/c1-15-20(8-9-23(30)34-15)27(24-16(2)38(37-36-24)19-6-7-19)35-18-10-21-25(33-14-28(3,4)5)17(12-31)13-32-26(21)22(29)11-18/h8-11,13,19,27,35-37H,6-7,14H2,1-5H3,(H,32,33)/t27-/m0/s1. The van der Waals surface area contributed by atoms with Gasteiger partial charge in [-0.1, -0.05) is 38.4 Å². The Bertz CT molecular complexity index is 1470. The lowest BCUT2D eigenvalue weighted by atomic mass is 9.96. The molecule has 0 unspecified atom stereocenters. The Labute approximate surface area is 227 Å². The number of allylic oxidation sites excluding steroid dienone is 1. The van der Waals surface area contributed by atoms with E-state index in [1.54, 1.807) is 19.2 Å². The fourth-order valence-electron chi connectivity index (χ4n) is 4.69. The molecular weight excluding hydrogens is 503 g/mol. The minimum atomic E-state index is -0.522. The summed E-state index contributed by atoms with van der Waals surface area (Å²) < 4.78 is 13.9. The first kappa shape index (κ1) is 26.0. The van der Waals surface area contributed by atoms with Gasteiger partial charge in [0.1, 0.15) is 6.07 Å². The summed E-state index contributed by atoms with van der Waals surface area (Å²) in [5.41, 5.74) is 12.5. The quantitative estimate of drug-likeness (QED) is 0.277. The van der Waals surface area contributed by atoms with Crippen LogP contribution in [0.1, 0.15) is 63.4 Å². The number of pyridine rings is 2. The number of halogens is 2. The van der Waals surface area contributed by atoms with Crippen LogP contribution in [0.3, 0.4) is 0 Å². The Morgan fingerprint density at radius 1 is 1.26 bits per heavy atom. The van der Waals surface area contributed by atoms with E-state index in [1.807, 2.05) is 12.1 Å². The van der Waals surface area contributed by atoms with Crippen molar-refractivity contribution < 1.29 is 4.39 Å². The molecule has 1 saturated carbocycles. The monoisotopic (exact) mass is 534 g/mol. The molecule has 1 atom stereocenters. The molecule has 38 heavy (non-hydrogen) atoms. The summed E-state index contributed by atoms with van der Waals surface area (Å²) in [6.45, 7) is 10.9. The first-order chi connectivity index (χ1) is 18.1. The van der Waals surface area contributed by atoms with Crippen LogP contribution in [-0.2, 0) is 0 Å². The van der Waals surface area contributed by atoms with Gasteiger partial charge in [0, 0.05) is 41.1 Å². The SMILES string of the molecule is CC1=C([C@@H](Nc2cc(Cl)c3ncc(C#N)c(NCC(C)(C)C)c3c2)c2ccc(F)nc2C)NNN1C1CC1. The molecule has 0 radical (unpaired) electrons. The number of nitriles is 1. The van der Waals surface area contributed by atoms with Crippen molar-refractivity contribution >= 4 is 33.9 Å². The molecule has 4 N–H and O–H groups in total. The van der Waals surface area contributed by atoms with E-state index in [-0.39, 0.29) is 11.5 Å². The van der Waals surface area contributed by atoms with Gasteiger partial charge in [-0.2, -0.15) is 9.65 Å². The minimum Gasteiger partial charge on any atom is -0.383 e. The number of nitrogens with one attached hydrogen (secondary N) is 4. The van der Waals surface area contributed by atoms with Crippen LogP contribution >= 0.6 is 11.6 Å². The number of rotatable bonds is 7. The summed E-state index contributed by atoms with van der Waals surface area (Å²) in [6.07, 6.45) is 3.82. The van der Waals surface area contributed by atoms with Crippen molar-refractivity contribution in [3.63, 3.8) is 0 Å². The maximum Gasteiger partial charge on any atom is 0.213 e. The summed E-state index contributed by atoms with van der Waals surface area (Å²) in [7, 11) is 0. The van der Waals surface area contributed by atoms with Crippen LogP contribution < -0.4 is 21.6 Å². The van der Waals surface area contributed by atoms with Gasteiger partial charge < -0.3 is 16.1 Å². The van der Waals surface area contributed by atoms with Crippen molar-refractivity contribution in [2.24, 2.45) is 5.41 Å². The highest BCUT2D eigenvalue weighted by atomic mass is 35.5. The third-order valence-electron chi connectivity index (χ3n) is 6.82. The average molecular weight is 535 g/mol. The van der Waals surface area contributed by atoms with Crippen molar-refractivity contribution in [1.29, 1.82) is 5.26 Å². The molecule has 1 aromatic carbocycles. The molecule has 5 rings (SSSR count). The van der Waals surface area contributed by atoms with Gasteiger partial charge in [0.05, 0.1) is 39.2 Å². The van der Waals surface area contributed by atoms with Crippen molar-refractivity contribution in [3.8, 4) is 6.07 Å². The maximum atomic E-state index is 13.9. The molecule has 2 aromatic heterocycles. The summed E-state index contributed by atoms with van der Waals surface area (Å²) in [5, 5.41) is 20.2. The first-order valence-electron chi connectivity index (χ1n) is 12.7. The lowest BCUT2D eigenvalue weighted by molar-refractivity contribution is 0.241. The maximum absolute atomic E-state index is 13.9. The Morgan fingerprint density at radius 3 is 2.68 bits per heavy atom. The Hall–Kier alpha value is -3.61. The fraction of sp³-hybridized carbons (Fsp3) is 0.393. The number of aromatic nitrogens is 2. The molecule has 3 heterocycles. The van der Waals surface area contributed by atoms with E-state index < -0.39 is 5.95 Å². The lowest BCUT2D eigenvalue weighted by Crippen LogP contribution is -2.39. The zero-order valence-corrected chi connectivity index (χ0v) is 23.0. The predicted molar refractivity (Wildman–Crippen MR) is 149 cm³/mol. The topological polar surface area (TPSA) is 101 Å². The highest BCUT2D eigenvalue weighted by Gasteiger charge is 2.36. The van der Waals surface area contributed by atoms with Crippen LogP contribution in [0.4, 0.5) is 15.8 Å². The average Bonchev–Trinajstić information content (AvgIpc) is 3.62. The largest absolute Gasteiger partial charge is 0.383 e. The fourth-order valence-corrected chi connectivity index (χ4v) is 4.96. The van der Waals surface area contributed by atoms with E-state index in [2.05, 4.69) is 70.3 Å². The molecule has 0 amide bonds. The van der Waals surface area contributed by atoms with Crippen LogP contribution in [0.15, 0.2) is 41.9 Å². The van der Waals surface area contributed by atoms with E-state index in [9.17, 15) is 9.65 Å². The molecule has 0 bridgehead atoms. The summed E-state index contributed by atoms with van der Waals surface area (Å²) >= 11 is 6.74. The molecular formula is C28H32ClFN8. The van der Waals surface area contributed by atoms with E-state index in [1.165, 1.54) is 6.07 Å². The van der Waals surface area contributed by atoms with E-state index >= 15 is 0 Å². The molecule has 8 nitrogen and oxygen atoms in total. The van der Waals surface area contributed by atoms with Crippen LogP contribution in [0.5, 0.6) is 0 Å². The highest BCUT2D eigenvalue weighted by molar-refractivity contribution is 6.35. The summed E-state index contributed by atoms with van der Waals surface area (Å²) in [5.74, 6) is -0.522. The first-order valence-corrected chi connectivity index (χ1v) is 13.1. The molecule has 0 spiro atoms. The van der Waals surface area contributed by atoms with Crippen LogP contribution in [0.2, 0.25) is 5.02 Å². The number of fused-ring (bicyclic) bond motifs is 1. The molecule has 0 saturated heterocycles. The third kappa shape index (κ3) is 5.19. The van der Waals surface area contributed by atoms with Crippen LogP contribution in [-0.4, -0.2) is 27.6 Å². The second-order valence-corrected chi connectivity index (χ2v) is 11.6. The van der Waals surface area contributed by atoms with Crippen molar-refractivity contribution in [1.82, 2.24) is 25.9 Å². The zero-order valence-electron chi connectivity index (χ0n) is 22.2. The van der Waals surface area contributed by atoms with Crippen LogP contribution in [0, 0.1) is 29.6 Å². The Balaban J connectivity index is 1.60. The van der Waals surface area contributed by atoms with Gasteiger partial charge in [-0.25, -0.2) is 4.98 Å². The van der Waals surface area contributed by atoms with Gasteiger partial charge in [-0.3, -0.25) is 9.99 Å². The van der Waals surface area contributed by atoms with E-state index in [4.69, 9.17) is 11.6 Å². The minimum absolute atomic E-state index is 0.00123. The van der Waals surface area contributed by atoms with Crippen molar-refractivity contribution in [3.05, 3.63) is 69.6 Å². The zero-order chi connectivity index (χ0) is 27.2. The highest BCUT2D eigenvalue weighted by Crippen LogP contribution is 2.38. The number of hydrazine groups is 2. The molecule has 198 valence electrons. The number of hydrogen-bond acceptors (Lipinski definition) is 8. The molecule has 3 aromatic rings. The molecule has 1 aliphatic heterocycles. The number of anilines is 2. The third-order valence-corrected chi connectivity index (χ3v) is 7.11. The predicted octanol–water partition coefficient (Wildman–Crippen LogP) is 5.93. The second kappa shape index (κ2) is 9.93. The van der Waals surface area contributed by atoms with Gasteiger partial charge in [-0.05, 0) is 50.3 Å². The Morgan fingerprint density at radius 2 is 2.03 bits per heavy atom. The Kier molecular flexibility index (Phi) is 6.80. The smallest absolute Gasteiger partial charge is 0.213 e. The normalized spacial score (nSPS) is 16.4. The summed E-state index contributed by atoms with van der Waals surface area (Å²) in [4.78, 5) is 8.55. The molecule has 2 aliphatic rings. The van der Waals surface area contributed by atoms with Gasteiger partial charge in [0.25, 0.3) is 0 Å². The van der Waals surface area contributed by atoms with E-state index in [0.29, 0.717) is 40.1 Å². The second-order valence-electron chi connectivity index (χ2n) is 11.2.